The van der Waals surface area contributed by atoms with Gasteiger partial charge >= 0.3 is 0 Å². The second-order valence-corrected chi connectivity index (χ2v) is 4.77. The molecule has 1 unspecified atom stereocenters. The van der Waals surface area contributed by atoms with Crippen molar-refractivity contribution < 1.29 is 4.92 Å². The molecular formula is C13H16N4O2. The maximum absolute atomic E-state index is 11.0. The van der Waals surface area contributed by atoms with Crippen molar-refractivity contribution >= 4 is 11.4 Å². The molecular weight excluding hydrogens is 244 g/mol. The number of benzene rings is 1. The van der Waals surface area contributed by atoms with Crippen molar-refractivity contribution in [2.45, 2.75) is 19.9 Å². The van der Waals surface area contributed by atoms with Crippen LogP contribution in [0.2, 0.25) is 0 Å². The number of aromatic nitrogens is 2. The molecule has 1 aromatic carbocycles. The van der Waals surface area contributed by atoms with E-state index in [1.807, 2.05) is 16.8 Å². The standard InChI is InChI=1S/C13H16N4O2/c1-9(2)13(16-6-5-15-8-16)10-3-4-11(14)12(7-10)17(18)19/h3-9,13H,14H2,1-2H3. The van der Waals surface area contributed by atoms with Crippen LogP contribution in [0.25, 0.3) is 0 Å². The molecule has 100 valence electrons. The quantitative estimate of drug-likeness (QED) is 0.520. The normalized spacial score (nSPS) is 12.6. The highest BCUT2D eigenvalue weighted by Crippen LogP contribution is 2.31. The fourth-order valence-electron chi connectivity index (χ4n) is 2.24. The fraction of sp³-hybridized carbons (Fsp3) is 0.308. The molecule has 2 aromatic rings. The highest BCUT2D eigenvalue weighted by Gasteiger charge is 2.21. The van der Waals surface area contributed by atoms with Crippen LogP contribution in [-0.4, -0.2) is 14.5 Å². The van der Waals surface area contributed by atoms with E-state index in [9.17, 15) is 10.1 Å². The molecule has 0 saturated carbocycles. The summed E-state index contributed by atoms with van der Waals surface area (Å²) in [5.74, 6) is 0.275. The number of hydrogen-bond acceptors (Lipinski definition) is 4. The summed E-state index contributed by atoms with van der Waals surface area (Å²) in [5.41, 5.74) is 6.61. The maximum atomic E-state index is 11.0. The smallest absolute Gasteiger partial charge is 0.292 e. The molecule has 19 heavy (non-hydrogen) atoms. The molecule has 0 aliphatic carbocycles. The van der Waals surface area contributed by atoms with Crippen LogP contribution in [0.4, 0.5) is 11.4 Å². The predicted octanol–water partition coefficient (Wildman–Crippen LogP) is 2.62. The van der Waals surface area contributed by atoms with Gasteiger partial charge in [-0.3, -0.25) is 10.1 Å². The number of imidazole rings is 1. The van der Waals surface area contributed by atoms with E-state index in [1.54, 1.807) is 24.7 Å². The van der Waals surface area contributed by atoms with E-state index in [-0.39, 0.29) is 23.3 Å². The number of rotatable bonds is 4. The Morgan fingerprint density at radius 1 is 1.42 bits per heavy atom. The van der Waals surface area contributed by atoms with Crippen molar-refractivity contribution in [3.05, 3.63) is 52.6 Å². The minimum atomic E-state index is -0.454. The van der Waals surface area contributed by atoms with Gasteiger partial charge < -0.3 is 10.3 Å². The summed E-state index contributed by atoms with van der Waals surface area (Å²) in [6, 6.07) is 4.95. The first kappa shape index (κ1) is 13.1. The van der Waals surface area contributed by atoms with E-state index in [1.165, 1.54) is 0 Å². The maximum Gasteiger partial charge on any atom is 0.292 e. The Kier molecular flexibility index (Phi) is 3.50. The van der Waals surface area contributed by atoms with Gasteiger partial charge in [0.2, 0.25) is 0 Å². The third kappa shape index (κ3) is 2.57. The molecule has 1 heterocycles. The summed E-state index contributed by atoms with van der Waals surface area (Å²) in [5, 5.41) is 11.0. The van der Waals surface area contributed by atoms with Crippen molar-refractivity contribution in [1.82, 2.24) is 9.55 Å². The molecule has 6 nitrogen and oxygen atoms in total. The van der Waals surface area contributed by atoms with Gasteiger partial charge in [0.15, 0.2) is 0 Å². The van der Waals surface area contributed by atoms with Crippen molar-refractivity contribution in [3.63, 3.8) is 0 Å². The topological polar surface area (TPSA) is 87.0 Å². The first-order chi connectivity index (χ1) is 9.00. The largest absolute Gasteiger partial charge is 0.393 e. The average Bonchev–Trinajstić information content (AvgIpc) is 2.84. The van der Waals surface area contributed by atoms with E-state index in [0.717, 1.165) is 5.56 Å². The number of nitrogen functional groups attached to an aromatic ring is 1. The van der Waals surface area contributed by atoms with Gasteiger partial charge in [-0.1, -0.05) is 19.9 Å². The zero-order valence-electron chi connectivity index (χ0n) is 10.9. The molecule has 0 saturated heterocycles. The van der Waals surface area contributed by atoms with E-state index in [4.69, 9.17) is 5.73 Å². The van der Waals surface area contributed by atoms with Gasteiger partial charge in [0.1, 0.15) is 5.69 Å². The number of hydrogen-bond donors (Lipinski definition) is 1. The van der Waals surface area contributed by atoms with E-state index in [0.29, 0.717) is 0 Å². The lowest BCUT2D eigenvalue weighted by Gasteiger charge is -2.22. The molecule has 2 rings (SSSR count). The summed E-state index contributed by atoms with van der Waals surface area (Å²) in [6.45, 7) is 4.12. The second-order valence-electron chi connectivity index (χ2n) is 4.77. The summed E-state index contributed by atoms with van der Waals surface area (Å²) >= 11 is 0. The number of nitrogens with two attached hydrogens (primary N) is 1. The zero-order valence-corrected chi connectivity index (χ0v) is 10.9. The summed E-state index contributed by atoms with van der Waals surface area (Å²) in [7, 11) is 0. The first-order valence-corrected chi connectivity index (χ1v) is 6.02. The minimum Gasteiger partial charge on any atom is -0.393 e. The lowest BCUT2D eigenvalue weighted by molar-refractivity contribution is -0.384. The third-order valence-electron chi connectivity index (χ3n) is 3.07. The van der Waals surface area contributed by atoms with E-state index in [2.05, 4.69) is 18.8 Å². The Morgan fingerprint density at radius 3 is 2.68 bits per heavy atom. The Labute approximate surface area is 111 Å². The van der Waals surface area contributed by atoms with Gasteiger partial charge in [-0.25, -0.2) is 4.98 Å². The summed E-state index contributed by atoms with van der Waals surface area (Å²) in [4.78, 5) is 14.5. The lowest BCUT2D eigenvalue weighted by atomic mass is 9.95. The molecule has 0 amide bonds. The van der Waals surface area contributed by atoms with Gasteiger partial charge in [-0.2, -0.15) is 0 Å². The second kappa shape index (κ2) is 5.09. The van der Waals surface area contributed by atoms with Crippen LogP contribution < -0.4 is 5.73 Å². The Bertz CT molecular complexity index is 578. The number of nitrogens with zero attached hydrogens (tertiary/aromatic N) is 3. The fourth-order valence-corrected chi connectivity index (χ4v) is 2.24. The van der Waals surface area contributed by atoms with E-state index >= 15 is 0 Å². The lowest BCUT2D eigenvalue weighted by Crippen LogP contribution is -2.15. The highest BCUT2D eigenvalue weighted by atomic mass is 16.6. The molecule has 0 bridgehead atoms. The van der Waals surface area contributed by atoms with E-state index < -0.39 is 4.92 Å². The van der Waals surface area contributed by atoms with Crippen molar-refractivity contribution in [3.8, 4) is 0 Å². The van der Waals surface area contributed by atoms with Gasteiger partial charge in [0, 0.05) is 18.5 Å². The van der Waals surface area contributed by atoms with Crippen molar-refractivity contribution in [2.24, 2.45) is 5.92 Å². The molecule has 0 aliphatic heterocycles. The van der Waals surface area contributed by atoms with Crippen LogP contribution in [0.3, 0.4) is 0 Å². The highest BCUT2D eigenvalue weighted by molar-refractivity contribution is 5.59. The number of nitro groups is 1. The molecule has 1 aromatic heterocycles. The SMILES string of the molecule is CC(C)C(c1ccc(N)c([N+](=O)[O-])c1)n1ccnc1. The molecule has 1 atom stereocenters. The molecule has 0 radical (unpaired) electrons. The third-order valence-corrected chi connectivity index (χ3v) is 3.07. The Hall–Kier alpha value is -2.37. The molecule has 6 heteroatoms. The van der Waals surface area contributed by atoms with Crippen molar-refractivity contribution in [2.75, 3.05) is 5.73 Å². The monoisotopic (exact) mass is 260 g/mol. The minimum absolute atomic E-state index is 0.00167. The number of nitro benzene ring substituents is 1. The predicted molar refractivity (Wildman–Crippen MR) is 72.7 cm³/mol. The van der Waals surface area contributed by atoms with Gasteiger partial charge in [-0.15, -0.1) is 0 Å². The van der Waals surface area contributed by atoms with Crippen LogP contribution in [0.5, 0.6) is 0 Å². The molecule has 0 aliphatic rings. The Balaban J connectivity index is 2.49. The average molecular weight is 260 g/mol. The zero-order chi connectivity index (χ0) is 14.0. The van der Waals surface area contributed by atoms with Crippen LogP contribution in [0, 0.1) is 16.0 Å². The summed E-state index contributed by atoms with van der Waals surface area (Å²) in [6.07, 6.45) is 5.26. The van der Waals surface area contributed by atoms with Gasteiger partial charge in [0.25, 0.3) is 5.69 Å². The summed E-state index contributed by atoms with van der Waals surface area (Å²) < 4.78 is 1.94. The number of anilines is 1. The Morgan fingerprint density at radius 2 is 2.16 bits per heavy atom. The van der Waals surface area contributed by atoms with Crippen LogP contribution >= 0.6 is 0 Å². The molecule has 0 spiro atoms. The van der Waals surface area contributed by atoms with Crippen LogP contribution in [0.15, 0.2) is 36.9 Å². The molecule has 2 N–H and O–H groups in total. The first-order valence-electron chi connectivity index (χ1n) is 6.02. The van der Waals surface area contributed by atoms with Gasteiger partial charge in [-0.05, 0) is 17.5 Å². The van der Waals surface area contributed by atoms with Crippen LogP contribution in [-0.2, 0) is 0 Å². The van der Waals surface area contributed by atoms with Crippen LogP contribution in [0.1, 0.15) is 25.5 Å². The van der Waals surface area contributed by atoms with Gasteiger partial charge in [0.05, 0.1) is 17.3 Å². The van der Waals surface area contributed by atoms with Crippen molar-refractivity contribution in [1.29, 1.82) is 0 Å². The molecule has 0 fully saturated rings.